The van der Waals surface area contributed by atoms with E-state index < -0.39 is 12.1 Å². The predicted molar refractivity (Wildman–Crippen MR) is 108 cm³/mol. The summed E-state index contributed by atoms with van der Waals surface area (Å²) in [5, 5.41) is 2.75. The highest BCUT2D eigenvalue weighted by Crippen LogP contribution is 2.21. The SMILES string of the molecule is CCOCc1cc(C(=O)O[C@H](C)C(=O)NCc2ccc(OC)cc2)ccc1OC. The number of carbonyl (C=O) groups is 2. The average molecular weight is 401 g/mol. The Morgan fingerprint density at radius 3 is 2.38 bits per heavy atom. The van der Waals surface area contributed by atoms with E-state index in [0.717, 1.165) is 16.9 Å². The molecule has 0 aliphatic heterocycles. The fourth-order valence-corrected chi connectivity index (χ4v) is 2.59. The van der Waals surface area contributed by atoms with E-state index in [9.17, 15) is 9.59 Å². The molecule has 156 valence electrons. The minimum Gasteiger partial charge on any atom is -0.497 e. The maximum absolute atomic E-state index is 12.4. The fourth-order valence-electron chi connectivity index (χ4n) is 2.59. The molecule has 0 radical (unpaired) electrons. The van der Waals surface area contributed by atoms with Crippen molar-refractivity contribution in [1.82, 2.24) is 5.32 Å². The maximum atomic E-state index is 12.4. The summed E-state index contributed by atoms with van der Waals surface area (Å²) in [6.07, 6.45) is -0.932. The lowest BCUT2D eigenvalue weighted by atomic mass is 10.1. The zero-order chi connectivity index (χ0) is 21.2. The van der Waals surface area contributed by atoms with Gasteiger partial charge < -0.3 is 24.3 Å². The van der Waals surface area contributed by atoms with E-state index in [-0.39, 0.29) is 5.91 Å². The number of hydrogen-bond donors (Lipinski definition) is 1. The first-order valence-corrected chi connectivity index (χ1v) is 9.34. The number of nitrogens with one attached hydrogen (secondary N) is 1. The standard InChI is InChI=1S/C22H27NO6/c1-5-28-14-18-12-17(8-11-20(18)27-4)22(25)29-15(2)21(24)23-13-16-6-9-19(26-3)10-7-16/h6-12,15H,5,13-14H2,1-4H3,(H,23,24)/t15-/m1/s1. The van der Waals surface area contributed by atoms with Gasteiger partial charge >= 0.3 is 5.97 Å². The molecule has 0 saturated carbocycles. The molecule has 0 aliphatic carbocycles. The van der Waals surface area contributed by atoms with E-state index in [2.05, 4.69) is 5.32 Å². The number of esters is 1. The van der Waals surface area contributed by atoms with Crippen LogP contribution in [0.25, 0.3) is 0 Å². The first-order valence-electron chi connectivity index (χ1n) is 9.34. The quantitative estimate of drug-likeness (QED) is 0.616. The minimum atomic E-state index is -0.932. The van der Waals surface area contributed by atoms with Crippen molar-refractivity contribution in [1.29, 1.82) is 0 Å². The Kier molecular flexibility index (Phi) is 8.48. The van der Waals surface area contributed by atoms with Gasteiger partial charge in [0, 0.05) is 18.7 Å². The zero-order valence-corrected chi connectivity index (χ0v) is 17.2. The van der Waals surface area contributed by atoms with Crippen molar-refractivity contribution in [2.24, 2.45) is 0 Å². The van der Waals surface area contributed by atoms with Gasteiger partial charge in [-0.25, -0.2) is 4.79 Å². The predicted octanol–water partition coefficient (Wildman–Crippen LogP) is 3.10. The Morgan fingerprint density at radius 2 is 1.76 bits per heavy atom. The second-order valence-corrected chi connectivity index (χ2v) is 6.28. The Balaban J connectivity index is 1.93. The van der Waals surface area contributed by atoms with E-state index in [0.29, 0.717) is 31.1 Å². The summed E-state index contributed by atoms with van der Waals surface area (Å²) >= 11 is 0. The van der Waals surface area contributed by atoms with Crippen LogP contribution in [0.3, 0.4) is 0 Å². The monoisotopic (exact) mass is 401 g/mol. The molecule has 2 rings (SSSR count). The smallest absolute Gasteiger partial charge is 0.338 e. The summed E-state index contributed by atoms with van der Waals surface area (Å²) in [4.78, 5) is 24.7. The largest absolute Gasteiger partial charge is 0.497 e. The number of ether oxygens (including phenoxy) is 4. The molecule has 2 aromatic rings. The summed E-state index contributed by atoms with van der Waals surface area (Å²) in [5.41, 5.74) is 1.98. The lowest BCUT2D eigenvalue weighted by Gasteiger charge is -2.15. The summed E-state index contributed by atoms with van der Waals surface area (Å²) in [5.74, 6) is 0.403. The number of amides is 1. The summed E-state index contributed by atoms with van der Waals surface area (Å²) in [6.45, 7) is 4.61. The van der Waals surface area contributed by atoms with Crippen LogP contribution in [0.4, 0.5) is 0 Å². The van der Waals surface area contributed by atoms with Crippen LogP contribution in [0, 0.1) is 0 Å². The number of benzene rings is 2. The first kappa shape index (κ1) is 22.2. The third kappa shape index (κ3) is 6.50. The van der Waals surface area contributed by atoms with Crippen molar-refractivity contribution in [2.75, 3.05) is 20.8 Å². The highest BCUT2D eigenvalue weighted by molar-refractivity contribution is 5.92. The van der Waals surface area contributed by atoms with E-state index in [1.54, 1.807) is 32.4 Å². The van der Waals surface area contributed by atoms with Gasteiger partial charge in [0.2, 0.25) is 0 Å². The van der Waals surface area contributed by atoms with E-state index >= 15 is 0 Å². The van der Waals surface area contributed by atoms with Gasteiger partial charge in [-0.1, -0.05) is 12.1 Å². The van der Waals surface area contributed by atoms with Gasteiger partial charge in [-0.2, -0.15) is 0 Å². The van der Waals surface area contributed by atoms with E-state index in [4.69, 9.17) is 18.9 Å². The highest BCUT2D eigenvalue weighted by atomic mass is 16.5. The van der Waals surface area contributed by atoms with Crippen LogP contribution in [-0.2, 0) is 27.4 Å². The summed E-state index contributed by atoms with van der Waals surface area (Å²) in [6, 6.07) is 12.3. The molecule has 0 aliphatic rings. The van der Waals surface area contributed by atoms with Crippen molar-refractivity contribution in [3.63, 3.8) is 0 Å². The number of hydrogen-bond acceptors (Lipinski definition) is 6. The van der Waals surface area contributed by atoms with E-state index in [1.807, 2.05) is 31.2 Å². The Hall–Kier alpha value is -3.06. The number of carbonyl (C=O) groups excluding carboxylic acids is 2. The van der Waals surface area contributed by atoms with Gasteiger partial charge in [0.15, 0.2) is 6.10 Å². The molecular formula is C22H27NO6. The molecular weight excluding hydrogens is 374 g/mol. The molecule has 0 spiro atoms. The zero-order valence-electron chi connectivity index (χ0n) is 17.2. The Morgan fingerprint density at radius 1 is 1.03 bits per heavy atom. The molecule has 2 aromatic carbocycles. The molecule has 0 fully saturated rings. The van der Waals surface area contributed by atoms with E-state index in [1.165, 1.54) is 6.92 Å². The van der Waals surface area contributed by atoms with Gasteiger partial charge in [0.05, 0.1) is 26.4 Å². The van der Waals surface area contributed by atoms with Crippen molar-refractivity contribution in [3.05, 3.63) is 59.2 Å². The highest BCUT2D eigenvalue weighted by Gasteiger charge is 2.19. The molecule has 1 amide bonds. The lowest BCUT2D eigenvalue weighted by Crippen LogP contribution is -2.35. The van der Waals surface area contributed by atoms with Crippen LogP contribution in [0.15, 0.2) is 42.5 Å². The molecule has 7 nitrogen and oxygen atoms in total. The Bertz CT molecular complexity index is 819. The molecule has 1 N–H and O–H groups in total. The van der Waals surface area contributed by atoms with Crippen LogP contribution in [0.5, 0.6) is 11.5 Å². The van der Waals surface area contributed by atoms with Crippen LogP contribution < -0.4 is 14.8 Å². The Labute approximate surface area is 170 Å². The van der Waals surface area contributed by atoms with Crippen LogP contribution >= 0.6 is 0 Å². The lowest BCUT2D eigenvalue weighted by molar-refractivity contribution is -0.129. The van der Waals surface area contributed by atoms with Crippen molar-refractivity contribution in [2.45, 2.75) is 33.1 Å². The van der Waals surface area contributed by atoms with Gasteiger partial charge in [-0.3, -0.25) is 4.79 Å². The minimum absolute atomic E-state index is 0.318. The summed E-state index contributed by atoms with van der Waals surface area (Å²) < 4.78 is 21.1. The number of methoxy groups -OCH3 is 2. The van der Waals surface area contributed by atoms with Gasteiger partial charge in [0.1, 0.15) is 11.5 Å². The maximum Gasteiger partial charge on any atom is 0.338 e. The van der Waals surface area contributed by atoms with Gasteiger partial charge in [-0.15, -0.1) is 0 Å². The van der Waals surface area contributed by atoms with Crippen molar-refractivity contribution in [3.8, 4) is 11.5 Å². The molecule has 0 unspecified atom stereocenters. The molecule has 0 heterocycles. The molecule has 29 heavy (non-hydrogen) atoms. The normalized spacial score (nSPS) is 11.4. The fraction of sp³-hybridized carbons (Fsp3) is 0.364. The second kappa shape index (κ2) is 11.1. The number of rotatable bonds is 10. The average Bonchev–Trinajstić information content (AvgIpc) is 2.75. The molecule has 0 saturated heterocycles. The topological polar surface area (TPSA) is 83.1 Å². The third-order valence-electron chi connectivity index (χ3n) is 4.26. The van der Waals surface area contributed by atoms with Crippen LogP contribution in [0.1, 0.15) is 35.3 Å². The van der Waals surface area contributed by atoms with Crippen LogP contribution in [0.2, 0.25) is 0 Å². The molecule has 0 aromatic heterocycles. The molecule has 0 bridgehead atoms. The first-order chi connectivity index (χ1) is 14.0. The van der Waals surface area contributed by atoms with Gasteiger partial charge in [-0.05, 0) is 49.7 Å². The third-order valence-corrected chi connectivity index (χ3v) is 4.26. The molecule has 7 heteroatoms. The summed E-state index contributed by atoms with van der Waals surface area (Å²) in [7, 11) is 3.15. The molecule has 1 atom stereocenters. The second-order valence-electron chi connectivity index (χ2n) is 6.28. The van der Waals surface area contributed by atoms with Crippen LogP contribution in [-0.4, -0.2) is 38.8 Å². The van der Waals surface area contributed by atoms with Gasteiger partial charge in [0.25, 0.3) is 5.91 Å². The van der Waals surface area contributed by atoms with Crippen molar-refractivity contribution >= 4 is 11.9 Å². The van der Waals surface area contributed by atoms with Crippen molar-refractivity contribution < 1.29 is 28.5 Å².